The van der Waals surface area contributed by atoms with Crippen LogP contribution in [0.3, 0.4) is 0 Å². The van der Waals surface area contributed by atoms with Crippen LogP contribution in [-0.4, -0.2) is 59.8 Å². The molecule has 3 aromatic rings. The minimum Gasteiger partial charge on any atom is -0.495 e. The summed E-state index contributed by atoms with van der Waals surface area (Å²) in [6.07, 6.45) is 0. The van der Waals surface area contributed by atoms with Gasteiger partial charge in [-0.15, -0.1) is 10.2 Å². The fourth-order valence-corrected chi connectivity index (χ4v) is 4.49. The maximum atomic E-state index is 12.8. The lowest BCUT2D eigenvalue weighted by atomic mass is 10.2. The number of halogens is 1. The Hall–Kier alpha value is -2.75. The molecule has 1 aliphatic heterocycles. The van der Waals surface area contributed by atoms with Gasteiger partial charge in [0.15, 0.2) is 5.16 Å². The lowest BCUT2D eigenvalue weighted by Crippen LogP contribution is -2.38. The summed E-state index contributed by atoms with van der Waals surface area (Å²) >= 11 is 7.51. The quantitative estimate of drug-likeness (QED) is 0.502. The first-order valence-electron chi connectivity index (χ1n) is 10.6. The molecule has 174 valence electrons. The number of hydrogen-bond acceptors (Lipinski definition) is 7. The highest BCUT2D eigenvalue weighted by atomic mass is 35.5. The first kappa shape index (κ1) is 23.4. The molecule has 8 nitrogen and oxygen atoms in total. The molecule has 1 amide bonds. The van der Waals surface area contributed by atoms with Crippen LogP contribution in [-0.2, 0) is 9.53 Å². The molecule has 2 heterocycles. The Morgan fingerprint density at radius 3 is 2.67 bits per heavy atom. The number of morpholine rings is 1. The Morgan fingerprint density at radius 1 is 1.18 bits per heavy atom. The van der Waals surface area contributed by atoms with Gasteiger partial charge in [0.2, 0.25) is 11.9 Å². The van der Waals surface area contributed by atoms with E-state index in [1.54, 1.807) is 19.2 Å². The standard InChI is InChI=1S/C23H26ClN5O3S/c1-15-6-4-5-7-19(15)29-22(28-8-10-32-11-9-28)26-27-23(29)33-14-21(30)25-18-12-16(2)17(24)13-20(18)31-3/h4-7,12-13H,8-11,14H2,1-3H3,(H,25,30). The zero-order valence-corrected chi connectivity index (χ0v) is 20.4. The van der Waals surface area contributed by atoms with Crippen molar-refractivity contribution >= 4 is 40.9 Å². The van der Waals surface area contributed by atoms with Crippen LogP contribution in [0.5, 0.6) is 5.75 Å². The van der Waals surface area contributed by atoms with Crippen LogP contribution in [0.1, 0.15) is 11.1 Å². The minimum atomic E-state index is -0.174. The molecule has 0 aliphatic carbocycles. The van der Waals surface area contributed by atoms with E-state index in [4.69, 9.17) is 21.1 Å². The summed E-state index contributed by atoms with van der Waals surface area (Å²) in [7, 11) is 1.54. The second-order valence-electron chi connectivity index (χ2n) is 7.64. The average Bonchev–Trinajstić information content (AvgIpc) is 3.24. The van der Waals surface area contributed by atoms with Gasteiger partial charge in [-0.1, -0.05) is 41.6 Å². The van der Waals surface area contributed by atoms with Crippen LogP contribution >= 0.6 is 23.4 Å². The van der Waals surface area contributed by atoms with Crippen molar-refractivity contribution in [1.29, 1.82) is 0 Å². The third-order valence-electron chi connectivity index (χ3n) is 5.35. The molecule has 1 fully saturated rings. The molecule has 1 aliphatic rings. The Bertz CT molecular complexity index is 1150. The topological polar surface area (TPSA) is 81.5 Å². The molecule has 10 heteroatoms. The highest BCUT2D eigenvalue weighted by molar-refractivity contribution is 7.99. The van der Waals surface area contributed by atoms with Gasteiger partial charge in [0, 0.05) is 24.2 Å². The van der Waals surface area contributed by atoms with Crippen molar-refractivity contribution < 1.29 is 14.3 Å². The third-order valence-corrected chi connectivity index (χ3v) is 6.69. The Labute approximate surface area is 202 Å². The summed E-state index contributed by atoms with van der Waals surface area (Å²) in [5, 5.41) is 13.0. The molecule has 1 aromatic heterocycles. The van der Waals surface area contributed by atoms with E-state index in [1.165, 1.54) is 11.8 Å². The number of para-hydroxylation sites is 1. The second kappa shape index (κ2) is 10.5. The van der Waals surface area contributed by atoms with E-state index < -0.39 is 0 Å². The van der Waals surface area contributed by atoms with E-state index in [0.717, 1.165) is 35.9 Å². The Morgan fingerprint density at radius 2 is 1.94 bits per heavy atom. The SMILES string of the molecule is COc1cc(Cl)c(C)cc1NC(=O)CSc1nnc(N2CCOCC2)n1-c1ccccc1C. The van der Waals surface area contributed by atoms with Gasteiger partial charge in [0.05, 0.1) is 37.5 Å². The highest BCUT2D eigenvalue weighted by Crippen LogP contribution is 2.32. The minimum absolute atomic E-state index is 0.165. The summed E-state index contributed by atoms with van der Waals surface area (Å²) < 4.78 is 12.9. The summed E-state index contributed by atoms with van der Waals surface area (Å²) in [4.78, 5) is 14.9. The van der Waals surface area contributed by atoms with Gasteiger partial charge in [0.25, 0.3) is 0 Å². The first-order valence-corrected chi connectivity index (χ1v) is 11.9. The van der Waals surface area contributed by atoms with Crippen molar-refractivity contribution in [3.63, 3.8) is 0 Å². The fourth-order valence-electron chi connectivity index (χ4n) is 3.60. The smallest absolute Gasteiger partial charge is 0.234 e. The number of aryl methyl sites for hydroxylation is 2. The Kier molecular flexibility index (Phi) is 7.42. The largest absolute Gasteiger partial charge is 0.495 e. The molecule has 4 rings (SSSR count). The number of amides is 1. The summed E-state index contributed by atoms with van der Waals surface area (Å²) in [6, 6.07) is 11.6. The number of rotatable bonds is 7. The lowest BCUT2D eigenvalue weighted by molar-refractivity contribution is -0.113. The van der Waals surface area contributed by atoms with Gasteiger partial charge in [-0.05, 0) is 37.1 Å². The molecule has 0 spiro atoms. The molecule has 2 aromatic carbocycles. The molecule has 0 atom stereocenters. The lowest BCUT2D eigenvalue weighted by Gasteiger charge is -2.28. The highest BCUT2D eigenvalue weighted by Gasteiger charge is 2.23. The molecule has 0 radical (unpaired) electrons. The van der Waals surface area contributed by atoms with Crippen molar-refractivity contribution in [3.8, 4) is 11.4 Å². The van der Waals surface area contributed by atoms with Gasteiger partial charge < -0.3 is 19.7 Å². The van der Waals surface area contributed by atoms with Crippen LogP contribution in [0.25, 0.3) is 5.69 Å². The summed E-state index contributed by atoms with van der Waals surface area (Å²) in [6.45, 7) is 6.70. The molecule has 0 saturated carbocycles. The number of nitrogens with one attached hydrogen (secondary N) is 1. The molecule has 33 heavy (non-hydrogen) atoms. The monoisotopic (exact) mass is 487 g/mol. The van der Waals surface area contributed by atoms with Crippen molar-refractivity contribution in [3.05, 3.63) is 52.5 Å². The van der Waals surface area contributed by atoms with Crippen LogP contribution < -0.4 is 15.0 Å². The molecular weight excluding hydrogens is 462 g/mol. The van der Waals surface area contributed by atoms with Crippen LogP contribution in [0.2, 0.25) is 5.02 Å². The van der Waals surface area contributed by atoms with E-state index in [2.05, 4.69) is 33.4 Å². The number of thioether (sulfide) groups is 1. The fraction of sp³-hybridized carbons (Fsp3) is 0.348. The van der Waals surface area contributed by atoms with Gasteiger partial charge in [0.1, 0.15) is 5.75 Å². The predicted molar refractivity (Wildman–Crippen MR) is 131 cm³/mol. The molecule has 0 unspecified atom stereocenters. The number of benzene rings is 2. The average molecular weight is 488 g/mol. The number of hydrogen-bond donors (Lipinski definition) is 1. The van der Waals surface area contributed by atoms with Crippen molar-refractivity contribution in [2.45, 2.75) is 19.0 Å². The van der Waals surface area contributed by atoms with Gasteiger partial charge in [-0.3, -0.25) is 9.36 Å². The second-order valence-corrected chi connectivity index (χ2v) is 8.99. The predicted octanol–water partition coefficient (Wildman–Crippen LogP) is 4.11. The number of anilines is 2. The van der Waals surface area contributed by atoms with Crippen molar-refractivity contribution in [2.75, 3.05) is 49.4 Å². The van der Waals surface area contributed by atoms with Crippen molar-refractivity contribution in [2.24, 2.45) is 0 Å². The third kappa shape index (κ3) is 5.26. The van der Waals surface area contributed by atoms with Gasteiger partial charge in [-0.2, -0.15) is 0 Å². The zero-order chi connectivity index (χ0) is 23.4. The normalized spacial score (nSPS) is 13.8. The summed E-state index contributed by atoms with van der Waals surface area (Å²) in [5.74, 6) is 1.26. The van der Waals surface area contributed by atoms with E-state index in [1.807, 2.05) is 29.7 Å². The molecule has 1 N–H and O–H groups in total. The number of carbonyl (C=O) groups is 1. The first-order chi connectivity index (χ1) is 16.0. The van der Waals surface area contributed by atoms with Gasteiger partial charge in [-0.25, -0.2) is 0 Å². The maximum absolute atomic E-state index is 12.8. The van der Waals surface area contributed by atoms with E-state index in [-0.39, 0.29) is 11.7 Å². The maximum Gasteiger partial charge on any atom is 0.234 e. The number of methoxy groups -OCH3 is 1. The van der Waals surface area contributed by atoms with E-state index in [9.17, 15) is 4.79 Å². The Balaban J connectivity index is 1.56. The van der Waals surface area contributed by atoms with Crippen LogP contribution in [0, 0.1) is 13.8 Å². The van der Waals surface area contributed by atoms with Gasteiger partial charge >= 0.3 is 0 Å². The molecule has 1 saturated heterocycles. The number of aromatic nitrogens is 3. The molecule has 0 bridgehead atoms. The van der Waals surface area contributed by atoms with E-state index in [0.29, 0.717) is 34.8 Å². The number of nitrogens with zero attached hydrogens (tertiary/aromatic N) is 4. The van der Waals surface area contributed by atoms with Crippen LogP contribution in [0.4, 0.5) is 11.6 Å². The van der Waals surface area contributed by atoms with Crippen LogP contribution in [0.15, 0.2) is 41.6 Å². The van der Waals surface area contributed by atoms with E-state index >= 15 is 0 Å². The number of ether oxygens (including phenoxy) is 2. The summed E-state index contributed by atoms with van der Waals surface area (Å²) in [5.41, 5.74) is 3.52. The van der Waals surface area contributed by atoms with Crippen molar-refractivity contribution in [1.82, 2.24) is 14.8 Å². The molecular formula is C23H26ClN5O3S. The zero-order valence-electron chi connectivity index (χ0n) is 18.8. The number of carbonyl (C=O) groups excluding carboxylic acids is 1.